The van der Waals surface area contributed by atoms with Crippen molar-refractivity contribution in [2.24, 2.45) is 0 Å². The van der Waals surface area contributed by atoms with E-state index in [-0.39, 0.29) is 42.4 Å². The Morgan fingerprint density at radius 1 is 1.19 bits per heavy atom. The van der Waals surface area contributed by atoms with E-state index in [0.717, 1.165) is 12.8 Å². The monoisotopic (exact) mass is 448 g/mol. The molecule has 2 rings (SSSR count). The van der Waals surface area contributed by atoms with Gasteiger partial charge in [-0.1, -0.05) is 25.5 Å². The molecule has 0 saturated heterocycles. The number of amides is 2. The third-order valence-electron chi connectivity index (χ3n) is 4.89. The number of esters is 2. The van der Waals surface area contributed by atoms with Gasteiger partial charge >= 0.3 is 19.1 Å². The van der Waals surface area contributed by atoms with E-state index in [4.69, 9.17) is 14.1 Å². The van der Waals surface area contributed by atoms with Gasteiger partial charge in [-0.3, -0.25) is 14.4 Å². The molecule has 32 heavy (non-hydrogen) atoms. The molecule has 0 radical (unpaired) electrons. The Labute approximate surface area is 187 Å². The van der Waals surface area contributed by atoms with Crippen LogP contribution in [0.25, 0.3) is 0 Å². The van der Waals surface area contributed by atoms with Crippen molar-refractivity contribution in [3.63, 3.8) is 0 Å². The van der Waals surface area contributed by atoms with Crippen molar-refractivity contribution >= 4 is 30.9 Å². The number of hydrogen-bond acceptors (Lipinski definition) is 8. The highest BCUT2D eigenvalue weighted by Crippen LogP contribution is 2.30. The fourth-order valence-corrected chi connectivity index (χ4v) is 3.06. The Bertz CT molecular complexity index is 845. The van der Waals surface area contributed by atoms with E-state index in [9.17, 15) is 24.2 Å². The Balaban J connectivity index is 1.91. The van der Waals surface area contributed by atoms with Crippen LogP contribution in [0.4, 0.5) is 0 Å². The van der Waals surface area contributed by atoms with Gasteiger partial charge in [0.05, 0.1) is 12.4 Å². The lowest BCUT2D eigenvalue weighted by Crippen LogP contribution is -2.53. The Kier molecular flexibility index (Phi) is 9.51. The lowest BCUT2D eigenvalue weighted by molar-refractivity contribution is -0.153. The summed E-state index contributed by atoms with van der Waals surface area (Å²) in [7, 11) is 1.84. The van der Waals surface area contributed by atoms with Crippen molar-refractivity contribution < 1.29 is 38.3 Å². The van der Waals surface area contributed by atoms with Crippen molar-refractivity contribution in [2.45, 2.75) is 51.4 Å². The molecule has 0 aliphatic carbocycles. The zero-order valence-electron chi connectivity index (χ0n) is 18.6. The molecule has 0 unspecified atom stereocenters. The SMILES string of the molecule is CCCCC(=O)N[C@H]1Cc2cccc(C(=O)OCOC(=O)CCC(=O)N(C)C)c2OB1O. The highest BCUT2D eigenvalue weighted by atomic mass is 16.7. The molecule has 0 aromatic heterocycles. The Morgan fingerprint density at radius 3 is 2.62 bits per heavy atom. The fourth-order valence-electron chi connectivity index (χ4n) is 3.06. The van der Waals surface area contributed by atoms with E-state index in [1.165, 1.54) is 11.0 Å². The summed E-state index contributed by atoms with van der Waals surface area (Å²) < 4.78 is 15.3. The minimum Gasteiger partial charge on any atom is -0.534 e. The molecule has 1 aromatic rings. The van der Waals surface area contributed by atoms with Crippen LogP contribution in [0.15, 0.2) is 18.2 Å². The first-order chi connectivity index (χ1) is 15.2. The molecule has 2 N–H and O–H groups in total. The van der Waals surface area contributed by atoms with Gasteiger partial charge in [0, 0.05) is 26.9 Å². The van der Waals surface area contributed by atoms with E-state index in [2.05, 4.69) is 5.32 Å². The van der Waals surface area contributed by atoms with Crippen LogP contribution < -0.4 is 9.97 Å². The summed E-state index contributed by atoms with van der Waals surface area (Å²) >= 11 is 0. The zero-order chi connectivity index (χ0) is 23.7. The van der Waals surface area contributed by atoms with E-state index >= 15 is 0 Å². The van der Waals surface area contributed by atoms with Crippen LogP contribution in [-0.2, 0) is 30.3 Å². The molecule has 0 fully saturated rings. The predicted molar refractivity (Wildman–Crippen MR) is 115 cm³/mol. The van der Waals surface area contributed by atoms with E-state index in [1.807, 2.05) is 6.92 Å². The maximum atomic E-state index is 12.4. The fraction of sp³-hybridized carbons (Fsp3) is 0.524. The molecule has 0 spiro atoms. The lowest BCUT2D eigenvalue weighted by atomic mass is 9.72. The van der Waals surface area contributed by atoms with Crippen LogP contribution >= 0.6 is 0 Å². The summed E-state index contributed by atoms with van der Waals surface area (Å²) in [6, 6.07) is 4.82. The number of nitrogens with zero attached hydrogens (tertiary/aromatic N) is 1. The number of carbonyl (C=O) groups excluding carboxylic acids is 4. The van der Waals surface area contributed by atoms with Crippen LogP contribution in [0, 0.1) is 0 Å². The summed E-state index contributed by atoms with van der Waals surface area (Å²) in [4.78, 5) is 48.9. The van der Waals surface area contributed by atoms with Gasteiger partial charge in [0.2, 0.25) is 18.6 Å². The highest BCUT2D eigenvalue weighted by molar-refractivity contribution is 6.47. The number of benzene rings is 1. The van der Waals surface area contributed by atoms with Gasteiger partial charge in [-0.05, 0) is 24.5 Å². The average Bonchev–Trinajstić information content (AvgIpc) is 2.75. The minimum atomic E-state index is -1.32. The number of carbonyl (C=O) groups is 4. The second-order valence-corrected chi connectivity index (χ2v) is 7.64. The molecule has 2 amide bonds. The first kappa shape index (κ1) is 25.2. The number of para-hydroxylation sites is 1. The number of hydrogen-bond donors (Lipinski definition) is 2. The second-order valence-electron chi connectivity index (χ2n) is 7.64. The van der Waals surface area contributed by atoms with Gasteiger partial charge < -0.3 is 29.4 Å². The van der Waals surface area contributed by atoms with Gasteiger partial charge in [-0.25, -0.2) is 4.79 Å². The largest absolute Gasteiger partial charge is 0.547 e. The quantitative estimate of drug-likeness (QED) is 0.306. The first-order valence-corrected chi connectivity index (χ1v) is 10.5. The molecule has 1 aliphatic rings. The standard InChI is InChI=1S/C21H29BN2O8/c1-4-5-9-17(25)23-16-12-14-7-6-8-15(20(14)32-22(16)29)21(28)31-13-30-19(27)11-10-18(26)24(2)3/h6-8,16,29H,4-5,9-13H2,1-3H3,(H,23,25)/t16-/m0/s1. The summed E-state index contributed by atoms with van der Waals surface area (Å²) in [5.41, 5.74) is 0.695. The van der Waals surface area contributed by atoms with Crippen LogP contribution in [0.2, 0.25) is 0 Å². The average molecular weight is 448 g/mol. The molecular weight excluding hydrogens is 419 g/mol. The van der Waals surface area contributed by atoms with E-state index in [1.54, 1.807) is 26.2 Å². The molecule has 1 aliphatic heterocycles. The molecule has 10 nitrogen and oxygen atoms in total. The third-order valence-corrected chi connectivity index (χ3v) is 4.89. The van der Waals surface area contributed by atoms with Crippen molar-refractivity contribution in [3.8, 4) is 5.75 Å². The van der Waals surface area contributed by atoms with Gasteiger partial charge in [-0.2, -0.15) is 0 Å². The minimum absolute atomic E-state index is 0.00610. The van der Waals surface area contributed by atoms with Crippen molar-refractivity contribution in [3.05, 3.63) is 29.3 Å². The Hall–Kier alpha value is -3.08. The second kappa shape index (κ2) is 12.1. The van der Waals surface area contributed by atoms with Crippen LogP contribution in [0.1, 0.15) is 54.9 Å². The molecular formula is C21H29BN2O8. The first-order valence-electron chi connectivity index (χ1n) is 10.5. The predicted octanol–water partition coefficient (Wildman–Crippen LogP) is 0.842. The number of nitrogens with one attached hydrogen (secondary N) is 1. The number of rotatable bonds is 10. The zero-order valence-corrected chi connectivity index (χ0v) is 18.6. The maximum absolute atomic E-state index is 12.4. The molecule has 1 heterocycles. The molecule has 1 atom stereocenters. The van der Waals surface area contributed by atoms with Crippen LogP contribution in [0.5, 0.6) is 5.75 Å². The third kappa shape index (κ3) is 7.26. The van der Waals surface area contributed by atoms with Gasteiger partial charge in [0.25, 0.3) is 0 Å². The van der Waals surface area contributed by atoms with Gasteiger partial charge in [-0.15, -0.1) is 0 Å². The molecule has 11 heteroatoms. The van der Waals surface area contributed by atoms with Crippen molar-refractivity contribution in [1.82, 2.24) is 10.2 Å². The molecule has 0 bridgehead atoms. The van der Waals surface area contributed by atoms with Gasteiger partial charge in [0.15, 0.2) is 0 Å². The summed E-state index contributed by atoms with van der Waals surface area (Å²) in [6.45, 7) is 1.37. The lowest BCUT2D eigenvalue weighted by Gasteiger charge is -2.29. The number of fused-ring (bicyclic) bond motifs is 1. The van der Waals surface area contributed by atoms with Crippen molar-refractivity contribution in [1.29, 1.82) is 0 Å². The highest BCUT2D eigenvalue weighted by Gasteiger charge is 2.37. The maximum Gasteiger partial charge on any atom is 0.547 e. The van der Waals surface area contributed by atoms with Crippen LogP contribution in [0.3, 0.4) is 0 Å². The molecule has 1 aromatic carbocycles. The number of ether oxygens (including phenoxy) is 2. The smallest absolute Gasteiger partial charge is 0.534 e. The Morgan fingerprint density at radius 2 is 1.94 bits per heavy atom. The van der Waals surface area contributed by atoms with E-state index < -0.39 is 31.8 Å². The molecule has 174 valence electrons. The summed E-state index contributed by atoms with van der Waals surface area (Å²) in [6.07, 6.45) is 2.14. The van der Waals surface area contributed by atoms with Crippen LogP contribution in [-0.4, -0.2) is 67.6 Å². The summed E-state index contributed by atoms with van der Waals surface area (Å²) in [5, 5.41) is 13.1. The normalized spacial score (nSPS) is 14.6. The topological polar surface area (TPSA) is 131 Å². The molecule has 0 saturated carbocycles. The number of unbranched alkanes of at least 4 members (excludes halogenated alkanes) is 1. The van der Waals surface area contributed by atoms with Gasteiger partial charge in [0.1, 0.15) is 11.3 Å². The summed E-state index contributed by atoms with van der Waals surface area (Å²) in [5.74, 6) is -2.33. The van der Waals surface area contributed by atoms with E-state index in [0.29, 0.717) is 12.0 Å². The van der Waals surface area contributed by atoms with Crippen molar-refractivity contribution in [2.75, 3.05) is 20.9 Å².